The van der Waals surface area contributed by atoms with Crippen LogP contribution < -0.4 is 4.90 Å². The zero-order chi connectivity index (χ0) is 15.5. The number of piperazine rings is 1. The number of hydrogen-bond donors (Lipinski definition) is 1. The molecule has 2 rings (SSSR count). The van der Waals surface area contributed by atoms with Gasteiger partial charge in [0.1, 0.15) is 5.82 Å². The Labute approximate surface area is 122 Å². The van der Waals surface area contributed by atoms with Gasteiger partial charge in [0.05, 0.1) is 11.7 Å². The minimum atomic E-state index is -4.35. The van der Waals surface area contributed by atoms with E-state index in [-0.39, 0.29) is 6.10 Å². The Bertz CT molecular complexity index is 442. The highest BCUT2D eigenvalue weighted by atomic mass is 19.4. The van der Waals surface area contributed by atoms with E-state index in [1.165, 1.54) is 6.07 Å². The summed E-state index contributed by atoms with van der Waals surface area (Å²) in [5, 5.41) is 9.63. The van der Waals surface area contributed by atoms with Gasteiger partial charge in [-0.05, 0) is 18.6 Å². The standard InChI is InChI=1S/C14H20F3N3O/c1-2-12(21)10-19-5-7-20(8-6-19)13-4-3-11(9-18-13)14(15,16)17/h3-4,9,12,21H,2,5-8,10H2,1H3. The van der Waals surface area contributed by atoms with Crippen LogP contribution in [0.25, 0.3) is 0 Å². The number of anilines is 1. The van der Waals surface area contributed by atoms with Crippen molar-refractivity contribution in [2.24, 2.45) is 0 Å². The van der Waals surface area contributed by atoms with Crippen LogP contribution in [-0.2, 0) is 6.18 Å². The van der Waals surface area contributed by atoms with Crippen LogP contribution in [-0.4, -0.2) is 53.8 Å². The first-order chi connectivity index (χ1) is 9.90. The molecule has 1 N–H and O–H groups in total. The molecule has 0 radical (unpaired) electrons. The van der Waals surface area contributed by atoms with Gasteiger partial charge in [0.15, 0.2) is 0 Å². The smallest absolute Gasteiger partial charge is 0.392 e. The number of aliphatic hydroxyl groups is 1. The first-order valence-corrected chi connectivity index (χ1v) is 7.08. The molecule has 0 aliphatic carbocycles. The van der Waals surface area contributed by atoms with E-state index in [0.29, 0.717) is 25.5 Å². The molecule has 118 valence electrons. The number of nitrogens with zero attached hydrogens (tertiary/aromatic N) is 3. The predicted octanol–water partition coefficient (Wildman–Crippen LogP) is 1.99. The first-order valence-electron chi connectivity index (χ1n) is 7.08. The summed E-state index contributed by atoms with van der Waals surface area (Å²) < 4.78 is 37.5. The average Bonchev–Trinajstić information content (AvgIpc) is 2.47. The van der Waals surface area contributed by atoms with Gasteiger partial charge in [-0.15, -0.1) is 0 Å². The van der Waals surface area contributed by atoms with Crippen LogP contribution in [0.15, 0.2) is 18.3 Å². The SMILES string of the molecule is CCC(O)CN1CCN(c2ccc(C(F)(F)F)cn2)CC1. The Morgan fingerprint density at radius 1 is 1.24 bits per heavy atom. The van der Waals surface area contributed by atoms with E-state index in [9.17, 15) is 18.3 Å². The first kappa shape index (κ1) is 16.0. The number of β-amino-alcohol motifs (C(OH)–C–C–N with tert-alkyl or cyclic N) is 1. The number of alkyl halides is 3. The van der Waals surface area contributed by atoms with Gasteiger partial charge in [0.25, 0.3) is 0 Å². The van der Waals surface area contributed by atoms with Crippen LogP contribution in [0.4, 0.5) is 19.0 Å². The molecule has 1 aliphatic rings. The molecule has 1 fully saturated rings. The second kappa shape index (κ2) is 6.62. The Hall–Kier alpha value is -1.34. The number of aromatic nitrogens is 1. The Morgan fingerprint density at radius 2 is 1.90 bits per heavy atom. The Balaban J connectivity index is 1.90. The summed E-state index contributed by atoms with van der Waals surface area (Å²) in [6.07, 6.45) is -3.07. The molecule has 1 atom stereocenters. The maximum absolute atomic E-state index is 12.5. The summed E-state index contributed by atoms with van der Waals surface area (Å²) in [5.41, 5.74) is -0.726. The minimum Gasteiger partial charge on any atom is -0.392 e. The molecule has 0 spiro atoms. The van der Waals surface area contributed by atoms with Crippen molar-refractivity contribution in [3.63, 3.8) is 0 Å². The number of pyridine rings is 1. The van der Waals surface area contributed by atoms with Crippen molar-refractivity contribution in [3.8, 4) is 0 Å². The average molecular weight is 303 g/mol. The Morgan fingerprint density at radius 3 is 2.38 bits per heavy atom. The molecule has 0 saturated carbocycles. The molecule has 7 heteroatoms. The molecule has 4 nitrogen and oxygen atoms in total. The van der Waals surface area contributed by atoms with Gasteiger partial charge in [0.2, 0.25) is 0 Å². The zero-order valence-corrected chi connectivity index (χ0v) is 12.0. The molecule has 1 aromatic rings. The fourth-order valence-corrected chi connectivity index (χ4v) is 2.33. The van der Waals surface area contributed by atoms with Crippen molar-refractivity contribution in [2.75, 3.05) is 37.6 Å². The second-order valence-corrected chi connectivity index (χ2v) is 5.25. The fraction of sp³-hybridized carbons (Fsp3) is 0.643. The highest BCUT2D eigenvalue weighted by Crippen LogP contribution is 2.29. The van der Waals surface area contributed by atoms with E-state index < -0.39 is 11.7 Å². The molecule has 1 aliphatic heterocycles. The van der Waals surface area contributed by atoms with Gasteiger partial charge in [-0.3, -0.25) is 4.90 Å². The summed E-state index contributed by atoms with van der Waals surface area (Å²) >= 11 is 0. The maximum Gasteiger partial charge on any atom is 0.417 e. The van der Waals surface area contributed by atoms with E-state index in [0.717, 1.165) is 31.8 Å². The number of rotatable bonds is 4. The van der Waals surface area contributed by atoms with Crippen molar-refractivity contribution >= 4 is 5.82 Å². The van der Waals surface area contributed by atoms with E-state index in [2.05, 4.69) is 9.88 Å². The van der Waals surface area contributed by atoms with Gasteiger partial charge in [-0.2, -0.15) is 13.2 Å². The summed E-state index contributed by atoms with van der Waals surface area (Å²) in [7, 11) is 0. The van der Waals surface area contributed by atoms with Crippen molar-refractivity contribution in [2.45, 2.75) is 25.6 Å². The lowest BCUT2D eigenvalue weighted by atomic mass is 10.2. The molecular weight excluding hydrogens is 283 g/mol. The molecule has 1 saturated heterocycles. The van der Waals surface area contributed by atoms with Crippen LogP contribution >= 0.6 is 0 Å². The quantitative estimate of drug-likeness (QED) is 0.923. The fourth-order valence-electron chi connectivity index (χ4n) is 2.33. The van der Waals surface area contributed by atoms with Crippen molar-refractivity contribution in [1.82, 2.24) is 9.88 Å². The lowest BCUT2D eigenvalue weighted by Crippen LogP contribution is -2.48. The predicted molar refractivity (Wildman–Crippen MR) is 74.2 cm³/mol. The zero-order valence-electron chi connectivity index (χ0n) is 12.0. The van der Waals surface area contributed by atoms with Gasteiger partial charge < -0.3 is 10.0 Å². The second-order valence-electron chi connectivity index (χ2n) is 5.25. The molecule has 0 aromatic carbocycles. The molecule has 0 bridgehead atoms. The minimum absolute atomic E-state index is 0.319. The third-order valence-electron chi connectivity index (χ3n) is 3.71. The summed E-state index contributed by atoms with van der Waals surface area (Å²) in [5.74, 6) is 0.568. The van der Waals surface area contributed by atoms with E-state index in [1.54, 1.807) is 0 Å². The number of aliphatic hydroxyl groups excluding tert-OH is 1. The van der Waals surface area contributed by atoms with Gasteiger partial charge in [-0.1, -0.05) is 6.92 Å². The van der Waals surface area contributed by atoms with Gasteiger partial charge in [0, 0.05) is 38.9 Å². The summed E-state index contributed by atoms with van der Waals surface area (Å²) in [6.45, 7) is 5.54. The largest absolute Gasteiger partial charge is 0.417 e. The summed E-state index contributed by atoms with van der Waals surface area (Å²) in [6, 6.07) is 2.48. The topological polar surface area (TPSA) is 39.6 Å². The van der Waals surface area contributed by atoms with Crippen molar-refractivity contribution < 1.29 is 18.3 Å². The van der Waals surface area contributed by atoms with Crippen LogP contribution in [0.2, 0.25) is 0 Å². The third kappa shape index (κ3) is 4.31. The highest BCUT2D eigenvalue weighted by molar-refractivity contribution is 5.40. The van der Waals surface area contributed by atoms with Crippen LogP contribution in [0.1, 0.15) is 18.9 Å². The maximum atomic E-state index is 12.5. The molecule has 21 heavy (non-hydrogen) atoms. The van der Waals surface area contributed by atoms with E-state index in [1.807, 2.05) is 11.8 Å². The van der Waals surface area contributed by atoms with Gasteiger partial charge >= 0.3 is 6.18 Å². The summed E-state index contributed by atoms with van der Waals surface area (Å²) in [4.78, 5) is 8.04. The normalized spacial score (nSPS) is 18.8. The number of hydrogen-bond acceptors (Lipinski definition) is 4. The van der Waals surface area contributed by atoms with Crippen LogP contribution in [0.3, 0.4) is 0 Å². The third-order valence-corrected chi connectivity index (χ3v) is 3.71. The lowest BCUT2D eigenvalue weighted by Gasteiger charge is -2.36. The van der Waals surface area contributed by atoms with Crippen LogP contribution in [0.5, 0.6) is 0 Å². The van der Waals surface area contributed by atoms with Crippen molar-refractivity contribution in [1.29, 1.82) is 0 Å². The van der Waals surface area contributed by atoms with E-state index >= 15 is 0 Å². The van der Waals surface area contributed by atoms with E-state index in [4.69, 9.17) is 0 Å². The highest BCUT2D eigenvalue weighted by Gasteiger charge is 2.31. The molecule has 0 amide bonds. The molecular formula is C14H20F3N3O. The van der Waals surface area contributed by atoms with Crippen LogP contribution in [0, 0.1) is 0 Å². The lowest BCUT2D eigenvalue weighted by molar-refractivity contribution is -0.137. The number of halogens is 3. The molecule has 1 aromatic heterocycles. The monoisotopic (exact) mass is 303 g/mol. The van der Waals surface area contributed by atoms with Crippen molar-refractivity contribution in [3.05, 3.63) is 23.9 Å². The molecule has 2 heterocycles. The Kier molecular flexibility index (Phi) is 5.05. The van der Waals surface area contributed by atoms with Gasteiger partial charge in [-0.25, -0.2) is 4.98 Å². The molecule has 1 unspecified atom stereocenters.